The number of ether oxygens (including phenoxy) is 1. The van der Waals surface area contributed by atoms with E-state index in [-0.39, 0.29) is 5.91 Å². The van der Waals surface area contributed by atoms with Gasteiger partial charge in [0.15, 0.2) is 11.0 Å². The fourth-order valence-electron chi connectivity index (χ4n) is 3.45. The third-order valence-corrected chi connectivity index (χ3v) is 6.51. The molecule has 0 aliphatic rings. The van der Waals surface area contributed by atoms with E-state index in [4.69, 9.17) is 16.3 Å². The van der Waals surface area contributed by atoms with Gasteiger partial charge in [-0.25, -0.2) is 0 Å². The molecule has 4 rings (SSSR count). The van der Waals surface area contributed by atoms with E-state index < -0.39 is 0 Å². The van der Waals surface area contributed by atoms with Crippen molar-refractivity contribution in [1.82, 2.24) is 20.1 Å². The van der Waals surface area contributed by atoms with E-state index in [2.05, 4.69) is 34.6 Å². The largest absolute Gasteiger partial charge is 0.383 e. The van der Waals surface area contributed by atoms with E-state index in [1.807, 2.05) is 65.2 Å². The predicted molar refractivity (Wildman–Crippen MR) is 137 cm³/mol. The van der Waals surface area contributed by atoms with Crippen LogP contribution in [0.25, 0.3) is 17.1 Å². The second-order valence-corrected chi connectivity index (χ2v) is 9.04. The van der Waals surface area contributed by atoms with Crippen LogP contribution in [-0.2, 0) is 10.5 Å². The Morgan fingerprint density at radius 2 is 1.85 bits per heavy atom. The summed E-state index contributed by atoms with van der Waals surface area (Å²) in [7, 11) is 1.61. The van der Waals surface area contributed by atoms with E-state index in [0.29, 0.717) is 35.3 Å². The Balaban J connectivity index is 1.57. The first-order chi connectivity index (χ1) is 16.6. The van der Waals surface area contributed by atoms with Crippen LogP contribution in [0.5, 0.6) is 0 Å². The summed E-state index contributed by atoms with van der Waals surface area (Å²) in [5, 5.41) is 13.2. The smallest absolute Gasteiger partial charge is 0.251 e. The van der Waals surface area contributed by atoms with Crippen molar-refractivity contribution in [2.45, 2.75) is 17.8 Å². The molecule has 174 valence electrons. The monoisotopic (exact) mass is 492 g/mol. The summed E-state index contributed by atoms with van der Waals surface area (Å²) < 4.78 is 7.01. The maximum Gasteiger partial charge on any atom is 0.251 e. The normalized spacial score (nSPS) is 10.9. The second-order valence-electron chi connectivity index (χ2n) is 7.69. The summed E-state index contributed by atoms with van der Waals surface area (Å²) >= 11 is 8.07. The number of aromatic nitrogens is 3. The molecule has 0 aliphatic heterocycles. The van der Waals surface area contributed by atoms with Gasteiger partial charge in [-0.05, 0) is 54.4 Å². The van der Waals surface area contributed by atoms with Gasteiger partial charge < -0.3 is 10.1 Å². The van der Waals surface area contributed by atoms with Crippen LogP contribution in [0.15, 0.2) is 78.0 Å². The molecule has 0 saturated carbocycles. The van der Waals surface area contributed by atoms with Gasteiger partial charge in [0.2, 0.25) is 0 Å². The molecule has 0 fully saturated rings. The minimum atomic E-state index is -0.111. The lowest BCUT2D eigenvalue weighted by atomic mass is 10.1. The van der Waals surface area contributed by atoms with Crippen molar-refractivity contribution in [2.24, 2.45) is 0 Å². The van der Waals surface area contributed by atoms with Gasteiger partial charge >= 0.3 is 0 Å². The highest BCUT2D eigenvalue weighted by Crippen LogP contribution is 2.33. The minimum Gasteiger partial charge on any atom is -0.383 e. The Bertz CT molecular complexity index is 1270. The minimum absolute atomic E-state index is 0.111. The van der Waals surface area contributed by atoms with Crippen molar-refractivity contribution >= 4 is 29.3 Å². The molecule has 0 spiro atoms. The molecule has 1 heterocycles. The Hall–Kier alpha value is -3.13. The summed E-state index contributed by atoms with van der Waals surface area (Å²) in [5.74, 6) is 1.26. The fourth-order valence-corrected chi connectivity index (χ4v) is 4.58. The zero-order valence-corrected chi connectivity index (χ0v) is 20.6. The average molecular weight is 493 g/mol. The van der Waals surface area contributed by atoms with Crippen molar-refractivity contribution in [3.05, 3.63) is 94.5 Å². The van der Waals surface area contributed by atoms with Gasteiger partial charge in [-0.3, -0.25) is 9.36 Å². The number of nitrogens with zero attached hydrogens (tertiary/aromatic N) is 3. The molecule has 1 amide bonds. The molecule has 0 bridgehead atoms. The number of rotatable bonds is 9. The Labute approximate surface area is 208 Å². The number of carbonyl (C=O) groups excluding carboxylic acids is 1. The Kier molecular flexibility index (Phi) is 8.00. The number of amides is 1. The van der Waals surface area contributed by atoms with E-state index in [0.717, 1.165) is 27.5 Å². The number of halogens is 1. The highest BCUT2D eigenvalue weighted by Gasteiger charge is 2.18. The van der Waals surface area contributed by atoms with E-state index in [1.165, 1.54) is 0 Å². The number of hydrogen-bond acceptors (Lipinski definition) is 5. The van der Waals surface area contributed by atoms with E-state index >= 15 is 0 Å². The molecule has 0 aliphatic carbocycles. The predicted octanol–water partition coefficient (Wildman–Crippen LogP) is 5.56. The van der Waals surface area contributed by atoms with Gasteiger partial charge in [-0.2, -0.15) is 0 Å². The average Bonchev–Trinajstić information content (AvgIpc) is 3.27. The number of aryl methyl sites for hydroxylation is 1. The van der Waals surface area contributed by atoms with Gasteiger partial charge in [0.1, 0.15) is 0 Å². The van der Waals surface area contributed by atoms with Gasteiger partial charge in [0.05, 0.1) is 11.6 Å². The van der Waals surface area contributed by atoms with E-state index in [1.54, 1.807) is 18.9 Å². The molecule has 6 nitrogen and oxygen atoms in total. The third kappa shape index (κ3) is 5.67. The number of nitrogens with one attached hydrogen (secondary N) is 1. The summed E-state index contributed by atoms with van der Waals surface area (Å²) in [6, 6.07) is 23.4. The molecule has 0 radical (unpaired) electrons. The zero-order valence-electron chi connectivity index (χ0n) is 19.0. The second kappa shape index (κ2) is 11.3. The lowest BCUT2D eigenvalue weighted by Crippen LogP contribution is -2.26. The topological polar surface area (TPSA) is 69.0 Å². The zero-order chi connectivity index (χ0) is 23.9. The molecular formula is C26H25ClN4O2S. The van der Waals surface area contributed by atoms with Crippen molar-refractivity contribution < 1.29 is 9.53 Å². The maximum atomic E-state index is 12.2. The number of hydrogen-bond donors (Lipinski definition) is 1. The Morgan fingerprint density at radius 1 is 1.06 bits per heavy atom. The summed E-state index contributed by atoms with van der Waals surface area (Å²) in [4.78, 5) is 12.2. The van der Waals surface area contributed by atoms with Gasteiger partial charge in [0.25, 0.3) is 5.91 Å². The summed E-state index contributed by atoms with van der Waals surface area (Å²) in [5.41, 5.74) is 4.65. The molecule has 1 aromatic heterocycles. The number of thioether (sulfide) groups is 1. The highest BCUT2D eigenvalue weighted by molar-refractivity contribution is 7.98. The van der Waals surface area contributed by atoms with Crippen LogP contribution in [-0.4, -0.2) is 40.9 Å². The van der Waals surface area contributed by atoms with Gasteiger partial charge in [-0.1, -0.05) is 59.8 Å². The maximum absolute atomic E-state index is 12.2. The van der Waals surface area contributed by atoms with Crippen LogP contribution < -0.4 is 5.32 Å². The molecule has 4 aromatic rings. The van der Waals surface area contributed by atoms with Crippen LogP contribution in [0.2, 0.25) is 5.02 Å². The molecule has 0 atom stereocenters. The van der Waals surface area contributed by atoms with E-state index in [9.17, 15) is 4.79 Å². The number of methoxy groups -OCH3 is 1. The highest BCUT2D eigenvalue weighted by atomic mass is 35.5. The van der Waals surface area contributed by atoms with Crippen LogP contribution in [0, 0.1) is 6.92 Å². The first kappa shape index (κ1) is 24.0. The first-order valence-corrected chi connectivity index (χ1v) is 12.2. The van der Waals surface area contributed by atoms with Crippen LogP contribution in [0.1, 0.15) is 21.5 Å². The molecule has 0 unspecified atom stereocenters. The molecular weight excluding hydrogens is 468 g/mol. The lowest BCUT2D eigenvalue weighted by molar-refractivity contribution is 0.0937. The molecule has 0 saturated heterocycles. The number of benzene rings is 3. The number of carbonyl (C=O) groups is 1. The van der Waals surface area contributed by atoms with Crippen molar-refractivity contribution in [3.8, 4) is 17.1 Å². The molecule has 34 heavy (non-hydrogen) atoms. The molecule has 1 N–H and O–H groups in total. The van der Waals surface area contributed by atoms with Gasteiger partial charge in [0, 0.05) is 36.2 Å². The summed E-state index contributed by atoms with van der Waals surface area (Å²) in [6.07, 6.45) is 0. The quantitative estimate of drug-likeness (QED) is 0.244. The summed E-state index contributed by atoms with van der Waals surface area (Å²) in [6.45, 7) is 3.02. The van der Waals surface area contributed by atoms with Crippen LogP contribution in [0.4, 0.5) is 0 Å². The molecule has 3 aromatic carbocycles. The fraction of sp³-hybridized carbons (Fsp3) is 0.192. The van der Waals surface area contributed by atoms with Crippen LogP contribution in [0.3, 0.4) is 0 Å². The third-order valence-electron chi connectivity index (χ3n) is 5.18. The standard InChI is InChI=1S/C26H25ClN4O2S/c1-18-6-5-7-21(16-18)31-24(22-8-3-4-9-23(22)27)29-30-26(31)34-17-19-10-12-20(13-11-19)25(32)28-14-15-33-2/h3-13,16H,14-15,17H2,1-2H3,(H,28,32). The van der Waals surface area contributed by atoms with Crippen LogP contribution >= 0.6 is 23.4 Å². The van der Waals surface area contributed by atoms with Crippen molar-refractivity contribution in [1.29, 1.82) is 0 Å². The van der Waals surface area contributed by atoms with Crippen molar-refractivity contribution in [3.63, 3.8) is 0 Å². The lowest BCUT2D eigenvalue weighted by Gasteiger charge is -2.12. The van der Waals surface area contributed by atoms with Gasteiger partial charge in [-0.15, -0.1) is 10.2 Å². The molecule has 8 heteroatoms. The van der Waals surface area contributed by atoms with Crippen molar-refractivity contribution in [2.75, 3.05) is 20.3 Å². The first-order valence-electron chi connectivity index (χ1n) is 10.8. The Morgan fingerprint density at radius 3 is 2.59 bits per heavy atom. The SMILES string of the molecule is COCCNC(=O)c1ccc(CSc2nnc(-c3ccccc3Cl)n2-c2cccc(C)c2)cc1.